The number of rotatable bonds is 4. The van der Waals surface area contributed by atoms with Crippen LogP contribution in [0.2, 0.25) is 5.02 Å². The average Bonchev–Trinajstić information content (AvgIpc) is 3.01. The molecule has 0 N–H and O–H groups in total. The van der Waals surface area contributed by atoms with Crippen molar-refractivity contribution >= 4 is 23.5 Å². The molecule has 134 valence electrons. The molecular weight excluding hydrogens is 360 g/mol. The molecule has 0 fully saturated rings. The van der Waals surface area contributed by atoms with Gasteiger partial charge in [0.25, 0.3) is 0 Å². The first kappa shape index (κ1) is 17.4. The molecule has 1 aliphatic rings. The van der Waals surface area contributed by atoms with Crippen LogP contribution in [0.1, 0.15) is 27.0 Å². The zero-order valence-electron chi connectivity index (χ0n) is 14.7. The van der Waals surface area contributed by atoms with Gasteiger partial charge in [-0.15, -0.1) is 0 Å². The van der Waals surface area contributed by atoms with E-state index in [4.69, 9.17) is 21.1 Å². The number of hydrogen-bond acceptors (Lipinski definition) is 3. The van der Waals surface area contributed by atoms with Crippen molar-refractivity contribution in [3.8, 4) is 11.5 Å². The summed E-state index contributed by atoms with van der Waals surface area (Å²) in [5.74, 6) is 1.36. The number of fused-ring (bicyclic) bond motifs is 1. The normalized spacial score (nSPS) is 14.1. The largest absolute Gasteiger partial charge is 0.488 e. The molecule has 0 amide bonds. The fraction of sp³-hybridized carbons (Fsp3) is 0.0870. The molecule has 0 saturated heterocycles. The van der Waals surface area contributed by atoms with Gasteiger partial charge in [-0.1, -0.05) is 60.1 Å². The lowest BCUT2D eigenvalue weighted by Gasteiger charge is -2.11. The van der Waals surface area contributed by atoms with Gasteiger partial charge in [0.2, 0.25) is 5.78 Å². The monoisotopic (exact) mass is 376 g/mol. The molecule has 0 bridgehead atoms. The fourth-order valence-corrected chi connectivity index (χ4v) is 3.18. The maximum atomic E-state index is 12.7. The summed E-state index contributed by atoms with van der Waals surface area (Å²) >= 11 is 6.19. The number of hydrogen-bond donors (Lipinski definition) is 0. The van der Waals surface area contributed by atoms with Gasteiger partial charge < -0.3 is 9.47 Å². The standard InChI is InChI=1S/C23H17ClO3/c1-15-20(26-14-16-7-3-2-4-8-16)12-11-18-22(25)21(27-23(15)18)13-17-9-5-6-10-19(17)24/h2-13H,14H2,1H3/b21-13-. The molecule has 0 saturated carbocycles. The Kier molecular flexibility index (Phi) is 4.69. The molecular formula is C23H17ClO3. The number of carbonyl (C=O) groups is 1. The second-order valence-electron chi connectivity index (χ2n) is 6.30. The highest BCUT2D eigenvalue weighted by molar-refractivity contribution is 6.32. The molecule has 1 heterocycles. The van der Waals surface area contributed by atoms with E-state index < -0.39 is 0 Å². The van der Waals surface area contributed by atoms with Crippen LogP contribution in [-0.4, -0.2) is 5.78 Å². The molecule has 3 aromatic rings. The average molecular weight is 377 g/mol. The molecule has 0 radical (unpaired) electrons. The van der Waals surface area contributed by atoms with Crippen LogP contribution in [0.25, 0.3) is 6.08 Å². The van der Waals surface area contributed by atoms with E-state index in [-0.39, 0.29) is 11.5 Å². The lowest BCUT2D eigenvalue weighted by molar-refractivity contribution is 0.101. The number of ether oxygens (including phenoxy) is 2. The zero-order valence-corrected chi connectivity index (χ0v) is 15.5. The van der Waals surface area contributed by atoms with Crippen LogP contribution in [0.5, 0.6) is 11.5 Å². The van der Waals surface area contributed by atoms with Gasteiger partial charge in [-0.25, -0.2) is 0 Å². The Bertz CT molecular complexity index is 1040. The number of halogens is 1. The van der Waals surface area contributed by atoms with E-state index in [1.165, 1.54) is 0 Å². The SMILES string of the molecule is Cc1c(OCc2ccccc2)ccc2c1O/C(=C\c1ccccc1Cl)C2=O. The first-order valence-corrected chi connectivity index (χ1v) is 9.00. The Labute approximate surface area is 162 Å². The fourth-order valence-electron chi connectivity index (χ4n) is 2.99. The quantitative estimate of drug-likeness (QED) is 0.536. The zero-order chi connectivity index (χ0) is 18.8. The summed E-state index contributed by atoms with van der Waals surface area (Å²) < 4.78 is 11.8. The molecule has 0 aromatic heterocycles. The number of carbonyl (C=O) groups excluding carboxylic acids is 1. The van der Waals surface area contributed by atoms with Crippen LogP contribution in [-0.2, 0) is 6.61 Å². The summed E-state index contributed by atoms with van der Waals surface area (Å²) in [4.78, 5) is 12.7. The summed E-state index contributed by atoms with van der Waals surface area (Å²) in [7, 11) is 0. The van der Waals surface area contributed by atoms with Gasteiger partial charge in [0.1, 0.15) is 18.1 Å². The highest BCUT2D eigenvalue weighted by atomic mass is 35.5. The van der Waals surface area contributed by atoms with Crippen LogP contribution in [0.3, 0.4) is 0 Å². The van der Waals surface area contributed by atoms with Gasteiger partial charge in [0.05, 0.1) is 5.56 Å². The van der Waals surface area contributed by atoms with Crippen LogP contribution < -0.4 is 9.47 Å². The van der Waals surface area contributed by atoms with Crippen molar-refractivity contribution in [2.45, 2.75) is 13.5 Å². The maximum absolute atomic E-state index is 12.7. The highest BCUT2D eigenvalue weighted by Gasteiger charge is 2.30. The van der Waals surface area contributed by atoms with E-state index in [0.717, 1.165) is 16.7 Å². The predicted molar refractivity (Wildman–Crippen MR) is 106 cm³/mol. The molecule has 27 heavy (non-hydrogen) atoms. The third-order valence-corrected chi connectivity index (χ3v) is 4.81. The molecule has 4 rings (SSSR count). The Morgan fingerprint density at radius 1 is 1.00 bits per heavy atom. The molecule has 0 atom stereocenters. The first-order valence-electron chi connectivity index (χ1n) is 8.62. The van der Waals surface area contributed by atoms with Gasteiger partial charge in [-0.3, -0.25) is 4.79 Å². The topological polar surface area (TPSA) is 35.5 Å². The third-order valence-electron chi connectivity index (χ3n) is 4.47. The number of allylic oxidation sites excluding steroid dienone is 1. The molecule has 4 heteroatoms. The van der Waals surface area contributed by atoms with E-state index >= 15 is 0 Å². The van der Waals surface area contributed by atoms with Crippen molar-refractivity contribution < 1.29 is 14.3 Å². The number of Topliss-reactive ketones (excluding diaryl/α,β-unsaturated/α-hetero) is 1. The minimum atomic E-state index is -0.150. The van der Waals surface area contributed by atoms with E-state index in [9.17, 15) is 4.79 Å². The smallest absolute Gasteiger partial charge is 0.231 e. The van der Waals surface area contributed by atoms with Crippen LogP contribution in [0.4, 0.5) is 0 Å². The van der Waals surface area contributed by atoms with Crippen molar-refractivity contribution in [3.63, 3.8) is 0 Å². The molecule has 3 aromatic carbocycles. The van der Waals surface area contributed by atoms with E-state index in [1.807, 2.05) is 61.5 Å². The second-order valence-corrected chi connectivity index (χ2v) is 6.71. The van der Waals surface area contributed by atoms with Crippen LogP contribution >= 0.6 is 11.6 Å². The predicted octanol–water partition coefficient (Wildman–Crippen LogP) is 5.84. The van der Waals surface area contributed by atoms with Crippen molar-refractivity contribution in [1.29, 1.82) is 0 Å². The summed E-state index contributed by atoms with van der Waals surface area (Å²) in [5.41, 5.74) is 3.17. The van der Waals surface area contributed by atoms with Gasteiger partial charge in [0, 0.05) is 10.6 Å². The minimum absolute atomic E-state index is 0.150. The molecule has 1 aliphatic heterocycles. The van der Waals surface area contributed by atoms with Gasteiger partial charge >= 0.3 is 0 Å². The lowest BCUT2D eigenvalue weighted by atomic mass is 10.1. The summed E-state index contributed by atoms with van der Waals surface area (Å²) in [6.07, 6.45) is 1.68. The maximum Gasteiger partial charge on any atom is 0.231 e. The van der Waals surface area contributed by atoms with Crippen molar-refractivity contribution in [2.24, 2.45) is 0 Å². The minimum Gasteiger partial charge on any atom is -0.488 e. The molecule has 0 unspecified atom stereocenters. The Balaban J connectivity index is 1.60. The Morgan fingerprint density at radius 2 is 1.74 bits per heavy atom. The van der Waals surface area contributed by atoms with E-state index in [2.05, 4.69) is 0 Å². The summed E-state index contributed by atoms with van der Waals surface area (Å²) in [5, 5.41) is 0.570. The lowest BCUT2D eigenvalue weighted by Crippen LogP contribution is -1.98. The van der Waals surface area contributed by atoms with Gasteiger partial charge in [-0.05, 0) is 42.3 Å². The van der Waals surface area contributed by atoms with Crippen molar-refractivity contribution in [3.05, 3.63) is 99.8 Å². The number of benzene rings is 3. The molecule has 0 aliphatic carbocycles. The second kappa shape index (κ2) is 7.29. The summed E-state index contributed by atoms with van der Waals surface area (Å²) in [6.45, 7) is 2.35. The van der Waals surface area contributed by atoms with E-state index in [0.29, 0.717) is 28.7 Å². The van der Waals surface area contributed by atoms with E-state index in [1.54, 1.807) is 18.2 Å². The van der Waals surface area contributed by atoms with Gasteiger partial charge in [-0.2, -0.15) is 0 Å². The highest BCUT2D eigenvalue weighted by Crippen LogP contribution is 2.39. The summed E-state index contributed by atoms with van der Waals surface area (Å²) in [6, 6.07) is 20.8. The Morgan fingerprint density at radius 3 is 2.52 bits per heavy atom. The molecule has 3 nitrogen and oxygen atoms in total. The number of ketones is 1. The van der Waals surface area contributed by atoms with Crippen molar-refractivity contribution in [1.82, 2.24) is 0 Å². The molecule has 0 spiro atoms. The van der Waals surface area contributed by atoms with Gasteiger partial charge in [0.15, 0.2) is 5.76 Å². The van der Waals surface area contributed by atoms with Crippen LogP contribution in [0.15, 0.2) is 72.5 Å². The third kappa shape index (κ3) is 3.46. The van der Waals surface area contributed by atoms with Crippen LogP contribution in [0, 0.1) is 6.92 Å². The van der Waals surface area contributed by atoms with Crippen molar-refractivity contribution in [2.75, 3.05) is 0 Å². The first-order chi connectivity index (χ1) is 13.1. The Hall–Kier alpha value is -3.04.